The zero-order chi connectivity index (χ0) is 5.58. The molecule has 0 amide bonds. The van der Waals surface area contributed by atoms with Crippen LogP contribution in [0.4, 0.5) is 13.2 Å². The molecule has 0 saturated heterocycles. The van der Waals surface area contributed by atoms with E-state index in [2.05, 4.69) is 10.1 Å². The fourth-order valence-electron chi connectivity index (χ4n) is 0. The first-order valence-electron chi connectivity index (χ1n) is 0.824. The van der Waals surface area contributed by atoms with Gasteiger partial charge in [-0.2, -0.15) is 13.2 Å². The van der Waals surface area contributed by atoms with E-state index < -0.39 is 6.68 Å². The second-order valence-corrected chi connectivity index (χ2v) is 0.247. The average Bonchev–Trinajstić information content (AvgIpc) is 1.41. The van der Waals surface area contributed by atoms with Gasteiger partial charge in [-0.15, -0.1) is 0 Å². The molecule has 0 fully saturated rings. The number of hydrogen-bond acceptors (Lipinski definition) is 0. The van der Waals surface area contributed by atoms with Crippen molar-refractivity contribution in [3.63, 3.8) is 0 Å². The van der Waals surface area contributed by atoms with Crippen LogP contribution in [0.25, 0.3) is 0 Å². The van der Waals surface area contributed by atoms with Crippen LogP contribution in [0.5, 0.6) is 0 Å². The predicted molar refractivity (Wildman–Crippen MR) is 20.1 cm³/mol. The zero-order valence-corrected chi connectivity index (χ0v) is 5.17. The standard InChI is InChI=1S/CHF3.ClHSe/c2-1(3)4;1-2/h1H;2H. The molecule has 0 heterocycles. The summed E-state index contributed by atoms with van der Waals surface area (Å²) in [6.45, 7) is -3.67. The Hall–Kier alpha value is 0.599. The molecule has 0 aromatic rings. The molecule has 0 N–H and O–H groups in total. The molecule has 0 aliphatic carbocycles. The molecule has 0 spiro atoms. The first-order valence-corrected chi connectivity index (χ1v) is 3.29. The Kier molecular flexibility index (Phi) is 14.9. The molecule has 0 rings (SSSR count). The molecule has 0 aliphatic rings. The van der Waals surface area contributed by atoms with Crippen LogP contribution >= 0.6 is 10.1 Å². The van der Waals surface area contributed by atoms with Crippen molar-refractivity contribution >= 4 is 25.2 Å². The summed E-state index contributed by atoms with van der Waals surface area (Å²) >= 11 is 1.78. The molecule has 0 saturated carbocycles. The first-order chi connectivity index (χ1) is 2.73. The second-order valence-electron chi connectivity index (χ2n) is 0.247. The van der Waals surface area contributed by atoms with E-state index in [-0.39, 0.29) is 0 Å². The fourth-order valence-corrected chi connectivity index (χ4v) is 0. The Labute approximate surface area is 45.7 Å². The number of alkyl halides is 3. The fraction of sp³-hybridized carbons (Fsp3) is 1.00. The van der Waals surface area contributed by atoms with Crippen LogP contribution in [0.2, 0.25) is 0 Å². The van der Waals surface area contributed by atoms with Gasteiger partial charge in [-0.25, -0.2) is 0 Å². The smallest absolute Gasteiger partial charge is 0.174 e. The summed E-state index contributed by atoms with van der Waals surface area (Å²) in [5, 5.41) is 0. The second kappa shape index (κ2) is 9.14. The average molecular weight is 185 g/mol. The molecular formula is CH2ClF3Se. The SMILES string of the molecule is Cl[SeH].FC(F)F. The third-order valence-electron chi connectivity index (χ3n) is 0. The maximum absolute atomic E-state index is 9.67. The van der Waals surface area contributed by atoms with Gasteiger partial charge in [0.05, 0.1) is 0 Å². The molecule has 40 valence electrons. The molecule has 0 nitrogen and oxygen atoms in total. The van der Waals surface area contributed by atoms with E-state index in [0.29, 0.717) is 0 Å². The molecule has 0 aliphatic heterocycles. The molecule has 0 unspecified atom stereocenters. The Morgan fingerprint density at radius 2 is 1.17 bits per heavy atom. The van der Waals surface area contributed by atoms with Crippen LogP contribution in [0.3, 0.4) is 0 Å². The van der Waals surface area contributed by atoms with Gasteiger partial charge in [0, 0.05) is 0 Å². The van der Waals surface area contributed by atoms with Gasteiger partial charge >= 0.3 is 31.9 Å². The third-order valence-corrected chi connectivity index (χ3v) is 0. The van der Waals surface area contributed by atoms with Gasteiger partial charge in [0.1, 0.15) is 0 Å². The number of halogens is 4. The maximum Gasteiger partial charge on any atom is 0.379 e. The van der Waals surface area contributed by atoms with Gasteiger partial charge in [0.2, 0.25) is 0 Å². The van der Waals surface area contributed by atoms with Crippen molar-refractivity contribution in [3.05, 3.63) is 0 Å². The van der Waals surface area contributed by atoms with Crippen molar-refractivity contribution in [2.75, 3.05) is 0 Å². The van der Waals surface area contributed by atoms with Crippen molar-refractivity contribution in [2.45, 2.75) is 6.68 Å². The maximum atomic E-state index is 9.67. The monoisotopic (exact) mass is 186 g/mol. The van der Waals surface area contributed by atoms with Gasteiger partial charge in [-0.05, 0) is 0 Å². The molecule has 0 aromatic heterocycles. The molecule has 5 heteroatoms. The number of hydrogen-bond donors (Lipinski definition) is 0. The van der Waals surface area contributed by atoms with Crippen LogP contribution in [0.15, 0.2) is 0 Å². The minimum absolute atomic E-state index is 1.78. The van der Waals surface area contributed by atoms with E-state index in [0.717, 1.165) is 0 Å². The summed E-state index contributed by atoms with van der Waals surface area (Å²) < 4.78 is 29.0. The topological polar surface area (TPSA) is 0 Å². The van der Waals surface area contributed by atoms with E-state index in [1.807, 2.05) is 0 Å². The van der Waals surface area contributed by atoms with Gasteiger partial charge in [0.25, 0.3) is 0 Å². The summed E-state index contributed by atoms with van der Waals surface area (Å²) in [7, 11) is 4.58. The Morgan fingerprint density at radius 3 is 1.17 bits per heavy atom. The molecule has 6 heavy (non-hydrogen) atoms. The Morgan fingerprint density at radius 1 is 1.17 bits per heavy atom. The normalized spacial score (nSPS) is 7.00. The van der Waals surface area contributed by atoms with Gasteiger partial charge in [-0.1, -0.05) is 0 Å². The van der Waals surface area contributed by atoms with E-state index in [9.17, 15) is 13.2 Å². The summed E-state index contributed by atoms with van der Waals surface area (Å²) in [6.07, 6.45) is 0. The minimum atomic E-state index is -3.67. The third kappa shape index (κ3) is 166. The molecule has 0 radical (unpaired) electrons. The zero-order valence-electron chi connectivity index (χ0n) is 2.54. The van der Waals surface area contributed by atoms with E-state index >= 15 is 0 Å². The van der Waals surface area contributed by atoms with Gasteiger partial charge in [0.15, 0.2) is 0 Å². The van der Waals surface area contributed by atoms with Crippen LogP contribution in [-0.4, -0.2) is 21.8 Å². The van der Waals surface area contributed by atoms with E-state index in [1.54, 1.807) is 15.1 Å². The van der Waals surface area contributed by atoms with Gasteiger partial charge in [-0.3, -0.25) is 0 Å². The molecule has 0 aromatic carbocycles. The summed E-state index contributed by atoms with van der Waals surface area (Å²) in [6, 6.07) is 0. The minimum Gasteiger partial charge on any atom is -0.174 e. The van der Waals surface area contributed by atoms with Crippen molar-refractivity contribution in [1.82, 2.24) is 0 Å². The molecule has 0 atom stereocenters. The van der Waals surface area contributed by atoms with Crippen LogP contribution < -0.4 is 0 Å². The van der Waals surface area contributed by atoms with E-state index in [1.165, 1.54) is 0 Å². The van der Waals surface area contributed by atoms with Crippen molar-refractivity contribution in [3.8, 4) is 0 Å². The van der Waals surface area contributed by atoms with Crippen molar-refractivity contribution in [2.24, 2.45) is 0 Å². The van der Waals surface area contributed by atoms with Crippen molar-refractivity contribution < 1.29 is 13.2 Å². The predicted octanol–water partition coefficient (Wildman–Crippen LogP) is 1.22. The van der Waals surface area contributed by atoms with Crippen LogP contribution in [0.1, 0.15) is 0 Å². The van der Waals surface area contributed by atoms with Crippen LogP contribution in [-0.2, 0) is 0 Å². The molecule has 0 bridgehead atoms. The quantitative estimate of drug-likeness (QED) is 0.498. The van der Waals surface area contributed by atoms with Gasteiger partial charge < -0.3 is 0 Å². The first kappa shape index (κ1) is 9.78. The summed E-state index contributed by atoms with van der Waals surface area (Å²) in [5.74, 6) is 0. The molecular weight excluding hydrogens is 183 g/mol. The summed E-state index contributed by atoms with van der Waals surface area (Å²) in [5.41, 5.74) is 0. The van der Waals surface area contributed by atoms with E-state index in [4.69, 9.17) is 0 Å². The Balaban J connectivity index is 0. The number of rotatable bonds is 0. The summed E-state index contributed by atoms with van der Waals surface area (Å²) in [4.78, 5) is 0. The van der Waals surface area contributed by atoms with Crippen LogP contribution in [0, 0.1) is 0 Å². The van der Waals surface area contributed by atoms with Crippen molar-refractivity contribution in [1.29, 1.82) is 0 Å². The Bertz CT molecular complexity index is 15.5. The largest absolute Gasteiger partial charge is 0.379 e.